The second-order valence-electron chi connectivity index (χ2n) is 3.97. The van der Waals surface area contributed by atoms with Gasteiger partial charge in [0.15, 0.2) is 0 Å². The third-order valence-corrected chi connectivity index (χ3v) is 3.25. The summed E-state index contributed by atoms with van der Waals surface area (Å²) in [5.74, 6) is 0. The summed E-state index contributed by atoms with van der Waals surface area (Å²) in [6.45, 7) is 3.16. The molecule has 1 N–H and O–H groups in total. The van der Waals surface area contributed by atoms with Crippen molar-refractivity contribution >= 4 is 0 Å². The minimum Gasteiger partial charge on any atom is -0.373 e. The van der Waals surface area contributed by atoms with Crippen LogP contribution in [-0.4, -0.2) is 23.1 Å². The van der Waals surface area contributed by atoms with Crippen LogP contribution in [0.5, 0.6) is 0 Å². The highest BCUT2D eigenvalue weighted by Gasteiger charge is 2.76. The maximum absolute atomic E-state index is 12.5. The van der Waals surface area contributed by atoms with Gasteiger partial charge in [0.2, 0.25) is 0 Å². The average Bonchev–Trinajstić information content (AvgIpc) is 2.11. The van der Waals surface area contributed by atoms with E-state index in [1.165, 1.54) is 13.8 Å². The topological polar surface area (TPSA) is 20.2 Å². The summed E-state index contributed by atoms with van der Waals surface area (Å²) >= 11 is 0. The molecule has 0 bridgehead atoms. The molecule has 0 amide bonds. The SMILES string of the molecule is CCC(C)(CC)C(O)(C(F)(F)F)C(F)(F)F. The summed E-state index contributed by atoms with van der Waals surface area (Å²) in [6, 6.07) is 0. The molecular formula is C9H14F6O. The highest BCUT2D eigenvalue weighted by atomic mass is 19.4. The van der Waals surface area contributed by atoms with E-state index in [9.17, 15) is 26.3 Å². The van der Waals surface area contributed by atoms with E-state index in [0.29, 0.717) is 0 Å². The number of alkyl halides is 6. The van der Waals surface area contributed by atoms with E-state index in [-0.39, 0.29) is 0 Å². The first-order valence-electron chi connectivity index (χ1n) is 4.73. The Kier molecular flexibility index (Phi) is 3.97. The van der Waals surface area contributed by atoms with Crippen molar-refractivity contribution in [2.45, 2.75) is 51.6 Å². The van der Waals surface area contributed by atoms with E-state index in [0.717, 1.165) is 6.92 Å². The molecule has 0 aliphatic heterocycles. The lowest BCUT2D eigenvalue weighted by atomic mass is 9.68. The predicted octanol–water partition coefficient (Wildman–Crippen LogP) is 3.67. The van der Waals surface area contributed by atoms with Crippen LogP contribution in [-0.2, 0) is 0 Å². The first-order chi connectivity index (χ1) is 6.87. The van der Waals surface area contributed by atoms with Gasteiger partial charge < -0.3 is 5.11 Å². The Morgan fingerprint density at radius 2 is 1.06 bits per heavy atom. The monoisotopic (exact) mass is 252 g/mol. The van der Waals surface area contributed by atoms with Gasteiger partial charge in [-0.25, -0.2) is 0 Å². The molecule has 0 saturated carbocycles. The Balaban J connectivity index is 5.79. The number of hydrogen-bond acceptors (Lipinski definition) is 1. The van der Waals surface area contributed by atoms with Crippen molar-refractivity contribution in [3.8, 4) is 0 Å². The Morgan fingerprint density at radius 1 is 0.812 bits per heavy atom. The third kappa shape index (κ3) is 2.01. The summed E-state index contributed by atoms with van der Waals surface area (Å²) in [5.41, 5.74) is -6.96. The fourth-order valence-corrected chi connectivity index (χ4v) is 1.61. The lowest BCUT2D eigenvalue weighted by Gasteiger charge is -2.45. The van der Waals surface area contributed by atoms with Gasteiger partial charge in [0.25, 0.3) is 5.60 Å². The zero-order valence-electron chi connectivity index (χ0n) is 9.13. The van der Waals surface area contributed by atoms with Gasteiger partial charge in [-0.05, 0) is 12.8 Å². The van der Waals surface area contributed by atoms with Crippen molar-refractivity contribution in [3.63, 3.8) is 0 Å². The molecule has 0 aromatic rings. The first kappa shape index (κ1) is 15.5. The average molecular weight is 252 g/mol. The van der Waals surface area contributed by atoms with Gasteiger partial charge in [0, 0.05) is 5.41 Å². The molecule has 1 nitrogen and oxygen atoms in total. The molecule has 0 unspecified atom stereocenters. The van der Waals surface area contributed by atoms with E-state index >= 15 is 0 Å². The Hall–Kier alpha value is -0.460. The molecule has 0 spiro atoms. The van der Waals surface area contributed by atoms with Crippen LogP contribution in [0.25, 0.3) is 0 Å². The van der Waals surface area contributed by atoms with Crippen molar-refractivity contribution in [1.29, 1.82) is 0 Å². The van der Waals surface area contributed by atoms with Gasteiger partial charge >= 0.3 is 12.4 Å². The van der Waals surface area contributed by atoms with Crippen LogP contribution in [0.2, 0.25) is 0 Å². The molecule has 0 saturated heterocycles. The lowest BCUT2D eigenvalue weighted by Crippen LogP contribution is -2.66. The molecule has 0 aliphatic rings. The molecule has 7 heteroatoms. The van der Waals surface area contributed by atoms with E-state index in [1.54, 1.807) is 0 Å². The Bertz CT molecular complexity index is 223. The van der Waals surface area contributed by atoms with Crippen molar-refractivity contribution in [3.05, 3.63) is 0 Å². The molecule has 0 rings (SSSR count). The van der Waals surface area contributed by atoms with Crippen LogP contribution >= 0.6 is 0 Å². The molecular weight excluding hydrogens is 238 g/mol. The smallest absolute Gasteiger partial charge is 0.373 e. The minimum absolute atomic E-state index is 0.432. The van der Waals surface area contributed by atoms with Crippen LogP contribution in [0.15, 0.2) is 0 Å². The number of hydrogen-bond donors (Lipinski definition) is 1. The van der Waals surface area contributed by atoms with Crippen molar-refractivity contribution < 1.29 is 31.4 Å². The molecule has 0 radical (unpaired) electrons. The quantitative estimate of drug-likeness (QED) is 0.760. The normalized spacial score (nSPS) is 15.4. The van der Waals surface area contributed by atoms with Crippen LogP contribution < -0.4 is 0 Å². The molecule has 0 aromatic heterocycles. The summed E-state index contributed by atoms with van der Waals surface area (Å²) in [5, 5.41) is 9.15. The molecule has 98 valence electrons. The second-order valence-corrected chi connectivity index (χ2v) is 3.97. The number of rotatable bonds is 3. The second kappa shape index (κ2) is 4.09. The summed E-state index contributed by atoms with van der Waals surface area (Å²) in [4.78, 5) is 0. The highest BCUT2D eigenvalue weighted by molar-refractivity contribution is 5.05. The minimum atomic E-state index is -5.74. The summed E-state index contributed by atoms with van der Waals surface area (Å²) in [6.07, 6.45) is -12.4. The van der Waals surface area contributed by atoms with Gasteiger partial charge in [0.05, 0.1) is 0 Å². The predicted molar refractivity (Wildman–Crippen MR) is 45.7 cm³/mol. The number of halogens is 6. The van der Waals surface area contributed by atoms with E-state index < -0.39 is 36.2 Å². The van der Waals surface area contributed by atoms with Crippen LogP contribution in [0.3, 0.4) is 0 Å². The largest absolute Gasteiger partial charge is 0.426 e. The first-order valence-corrected chi connectivity index (χ1v) is 4.73. The molecule has 0 fully saturated rings. The summed E-state index contributed by atoms with van der Waals surface area (Å²) < 4.78 is 75.0. The Morgan fingerprint density at radius 3 is 1.12 bits per heavy atom. The standard InChI is InChI=1S/C9H14F6O/c1-4-6(3,5-2)7(16,8(10,11)12)9(13,14)15/h16H,4-5H2,1-3H3. The zero-order valence-corrected chi connectivity index (χ0v) is 9.13. The highest BCUT2D eigenvalue weighted by Crippen LogP contribution is 2.55. The lowest BCUT2D eigenvalue weighted by molar-refractivity contribution is -0.402. The van der Waals surface area contributed by atoms with Gasteiger partial charge in [-0.15, -0.1) is 0 Å². The van der Waals surface area contributed by atoms with Crippen molar-refractivity contribution in [1.82, 2.24) is 0 Å². The van der Waals surface area contributed by atoms with Crippen LogP contribution in [0, 0.1) is 5.41 Å². The molecule has 16 heavy (non-hydrogen) atoms. The fraction of sp³-hybridized carbons (Fsp3) is 1.00. The molecule has 0 heterocycles. The Labute approximate surface area is 89.4 Å². The van der Waals surface area contributed by atoms with Gasteiger partial charge in [0.1, 0.15) is 0 Å². The van der Waals surface area contributed by atoms with E-state index in [1.807, 2.05) is 0 Å². The van der Waals surface area contributed by atoms with Crippen LogP contribution in [0.1, 0.15) is 33.6 Å². The number of aliphatic hydroxyl groups is 1. The molecule has 0 aromatic carbocycles. The van der Waals surface area contributed by atoms with Crippen molar-refractivity contribution in [2.75, 3.05) is 0 Å². The zero-order chi connectivity index (χ0) is 13.4. The van der Waals surface area contributed by atoms with Gasteiger partial charge in [-0.3, -0.25) is 0 Å². The van der Waals surface area contributed by atoms with E-state index in [4.69, 9.17) is 5.11 Å². The molecule has 0 aliphatic carbocycles. The maximum atomic E-state index is 12.5. The van der Waals surface area contributed by atoms with Crippen LogP contribution in [0.4, 0.5) is 26.3 Å². The third-order valence-electron chi connectivity index (χ3n) is 3.25. The molecule has 0 atom stereocenters. The van der Waals surface area contributed by atoms with Gasteiger partial charge in [-0.2, -0.15) is 26.3 Å². The fourth-order valence-electron chi connectivity index (χ4n) is 1.61. The summed E-state index contributed by atoms with van der Waals surface area (Å²) in [7, 11) is 0. The maximum Gasteiger partial charge on any atom is 0.426 e. The van der Waals surface area contributed by atoms with Gasteiger partial charge in [-0.1, -0.05) is 20.8 Å². The van der Waals surface area contributed by atoms with Crippen molar-refractivity contribution in [2.24, 2.45) is 5.41 Å². The van der Waals surface area contributed by atoms with E-state index in [2.05, 4.69) is 0 Å².